The zero-order valence-corrected chi connectivity index (χ0v) is 16.2. The van der Waals surface area contributed by atoms with Gasteiger partial charge in [-0.1, -0.05) is 50.9 Å². The lowest BCUT2D eigenvalue weighted by molar-refractivity contribution is -0.121. The molecule has 2 aromatic rings. The first-order valence-electron chi connectivity index (χ1n) is 9.26. The molecular weight excluding hydrogens is 348 g/mol. The number of thioether (sulfide) groups is 1. The summed E-state index contributed by atoms with van der Waals surface area (Å²) in [6, 6.07) is 4.18. The average molecular weight is 375 g/mol. The lowest BCUT2D eigenvalue weighted by atomic mass is 9.96. The number of carbonyl (C=O) groups is 1. The van der Waals surface area contributed by atoms with Crippen molar-refractivity contribution < 1.29 is 4.79 Å². The molecule has 0 spiro atoms. The summed E-state index contributed by atoms with van der Waals surface area (Å²) in [4.78, 5) is 16.8. The number of nitrogens with one attached hydrogen (secondary N) is 1. The third kappa shape index (κ3) is 4.81. The molecule has 26 heavy (non-hydrogen) atoms. The number of nitrogens with zero attached hydrogens (tertiary/aromatic N) is 5. The quantitative estimate of drug-likeness (QED) is 0.750. The molecule has 1 fully saturated rings. The zero-order chi connectivity index (χ0) is 18.4. The Morgan fingerprint density at radius 1 is 1.35 bits per heavy atom. The first-order valence-corrected chi connectivity index (χ1v) is 10.1. The summed E-state index contributed by atoms with van der Waals surface area (Å²) in [6.45, 7) is 4.58. The van der Waals surface area contributed by atoms with Crippen molar-refractivity contribution in [2.45, 2.75) is 68.9 Å². The molecule has 1 atom stereocenters. The van der Waals surface area contributed by atoms with Crippen LogP contribution in [0.3, 0.4) is 0 Å². The average Bonchev–Trinajstić information content (AvgIpc) is 3.14. The molecular formula is C18H26N6OS. The summed E-state index contributed by atoms with van der Waals surface area (Å²) in [6.07, 6.45) is 9.43. The number of rotatable bonds is 7. The Hall–Kier alpha value is -1.96. The van der Waals surface area contributed by atoms with Crippen LogP contribution >= 0.6 is 11.8 Å². The van der Waals surface area contributed by atoms with Gasteiger partial charge in [0.05, 0.1) is 11.3 Å². The smallest absolute Gasteiger partial charge is 0.234 e. The highest BCUT2D eigenvalue weighted by atomic mass is 32.2. The Labute approximate surface area is 158 Å². The lowest BCUT2D eigenvalue weighted by Crippen LogP contribution is -2.35. The minimum Gasteiger partial charge on any atom is -0.351 e. The van der Waals surface area contributed by atoms with E-state index in [4.69, 9.17) is 0 Å². The van der Waals surface area contributed by atoms with Crippen molar-refractivity contribution in [1.82, 2.24) is 30.5 Å². The third-order valence-corrected chi connectivity index (χ3v) is 6.16. The molecule has 0 bridgehead atoms. The number of pyridine rings is 1. The van der Waals surface area contributed by atoms with Crippen LogP contribution in [0.25, 0.3) is 0 Å². The van der Waals surface area contributed by atoms with Gasteiger partial charge in [0.15, 0.2) is 0 Å². The zero-order valence-electron chi connectivity index (χ0n) is 15.3. The van der Waals surface area contributed by atoms with Gasteiger partial charge in [0.2, 0.25) is 11.1 Å². The number of hydrogen-bond donors (Lipinski definition) is 1. The largest absolute Gasteiger partial charge is 0.351 e. The summed E-state index contributed by atoms with van der Waals surface area (Å²) in [7, 11) is 0. The van der Waals surface area contributed by atoms with Crippen LogP contribution in [0.5, 0.6) is 0 Å². The van der Waals surface area contributed by atoms with Gasteiger partial charge in [-0.15, -0.1) is 5.10 Å². The SMILES string of the molecule is CC(C)[C@H](Sc1nnnn1C1CCCCC1)C(=O)NCc1cccnc1. The van der Waals surface area contributed by atoms with E-state index in [2.05, 4.69) is 39.7 Å². The van der Waals surface area contributed by atoms with Crippen LogP contribution < -0.4 is 5.32 Å². The van der Waals surface area contributed by atoms with Gasteiger partial charge in [-0.3, -0.25) is 9.78 Å². The summed E-state index contributed by atoms with van der Waals surface area (Å²) in [5, 5.41) is 15.8. The first kappa shape index (κ1) is 18.8. The van der Waals surface area contributed by atoms with Crippen molar-refractivity contribution in [3.05, 3.63) is 30.1 Å². The molecule has 1 aliphatic carbocycles. The van der Waals surface area contributed by atoms with Crippen molar-refractivity contribution >= 4 is 17.7 Å². The molecule has 0 unspecified atom stereocenters. The molecule has 140 valence electrons. The molecule has 7 nitrogen and oxygen atoms in total. The fraction of sp³-hybridized carbons (Fsp3) is 0.611. The molecule has 1 saturated carbocycles. The monoisotopic (exact) mass is 374 g/mol. The summed E-state index contributed by atoms with van der Waals surface area (Å²) in [5.41, 5.74) is 0.986. The highest BCUT2D eigenvalue weighted by Crippen LogP contribution is 2.33. The van der Waals surface area contributed by atoms with Crippen LogP contribution in [0.2, 0.25) is 0 Å². The standard InChI is InChI=1S/C18H26N6OS/c1-13(2)16(17(25)20-12-14-7-6-10-19-11-14)26-18-21-22-23-24(18)15-8-4-3-5-9-15/h6-7,10-11,13,15-16H,3-5,8-9,12H2,1-2H3,(H,20,25)/t16-/m0/s1. The van der Waals surface area contributed by atoms with Gasteiger partial charge in [-0.25, -0.2) is 4.68 Å². The van der Waals surface area contributed by atoms with E-state index in [-0.39, 0.29) is 17.1 Å². The van der Waals surface area contributed by atoms with Gasteiger partial charge in [-0.05, 0) is 40.8 Å². The molecule has 0 aliphatic heterocycles. The molecule has 2 aromatic heterocycles. The molecule has 1 amide bonds. The topological polar surface area (TPSA) is 85.6 Å². The second kappa shape index (κ2) is 9.12. The van der Waals surface area contributed by atoms with Crippen molar-refractivity contribution in [2.24, 2.45) is 5.92 Å². The van der Waals surface area contributed by atoms with E-state index >= 15 is 0 Å². The van der Waals surface area contributed by atoms with Gasteiger partial charge in [0.25, 0.3) is 0 Å². The van der Waals surface area contributed by atoms with E-state index in [0.717, 1.165) is 23.6 Å². The Morgan fingerprint density at radius 2 is 2.15 bits per heavy atom. The van der Waals surface area contributed by atoms with Gasteiger partial charge in [0, 0.05) is 18.9 Å². The summed E-state index contributed by atoms with van der Waals surface area (Å²) >= 11 is 1.47. The van der Waals surface area contributed by atoms with E-state index in [9.17, 15) is 4.79 Å². The Bertz CT molecular complexity index is 699. The second-order valence-corrected chi connectivity index (χ2v) is 8.17. The van der Waals surface area contributed by atoms with E-state index in [0.29, 0.717) is 12.6 Å². The number of hydrogen-bond acceptors (Lipinski definition) is 6. The molecule has 0 aromatic carbocycles. The Balaban J connectivity index is 1.65. The van der Waals surface area contributed by atoms with Crippen LogP contribution in [-0.2, 0) is 11.3 Å². The highest BCUT2D eigenvalue weighted by Gasteiger charge is 2.28. The van der Waals surface area contributed by atoms with Gasteiger partial charge in [0.1, 0.15) is 0 Å². The molecule has 1 aliphatic rings. The van der Waals surface area contributed by atoms with Crippen LogP contribution in [0.4, 0.5) is 0 Å². The second-order valence-electron chi connectivity index (χ2n) is 7.06. The van der Waals surface area contributed by atoms with Crippen LogP contribution in [0.15, 0.2) is 29.7 Å². The predicted molar refractivity (Wildman–Crippen MR) is 101 cm³/mol. The minimum absolute atomic E-state index is 0.00653. The Morgan fingerprint density at radius 3 is 2.85 bits per heavy atom. The number of amides is 1. The molecule has 0 saturated heterocycles. The lowest BCUT2D eigenvalue weighted by Gasteiger charge is -2.24. The summed E-state index contributed by atoms with van der Waals surface area (Å²) in [5.74, 6) is 0.178. The maximum atomic E-state index is 12.7. The van der Waals surface area contributed by atoms with Gasteiger partial charge >= 0.3 is 0 Å². The summed E-state index contributed by atoms with van der Waals surface area (Å²) < 4.78 is 1.92. The van der Waals surface area contributed by atoms with Gasteiger partial charge < -0.3 is 5.32 Å². The predicted octanol–water partition coefficient (Wildman–Crippen LogP) is 3.01. The normalized spacial score (nSPS) is 16.6. The minimum atomic E-state index is -0.236. The fourth-order valence-electron chi connectivity index (χ4n) is 3.22. The highest BCUT2D eigenvalue weighted by molar-refractivity contribution is 8.00. The van der Waals surface area contributed by atoms with Crippen molar-refractivity contribution in [1.29, 1.82) is 0 Å². The van der Waals surface area contributed by atoms with Crippen molar-refractivity contribution in [3.63, 3.8) is 0 Å². The van der Waals surface area contributed by atoms with Crippen molar-refractivity contribution in [3.8, 4) is 0 Å². The van der Waals surface area contributed by atoms with Crippen LogP contribution in [0.1, 0.15) is 57.6 Å². The number of carbonyl (C=O) groups excluding carboxylic acids is 1. The maximum Gasteiger partial charge on any atom is 0.234 e. The van der Waals surface area contributed by atoms with E-state index in [1.807, 2.05) is 16.8 Å². The molecule has 2 heterocycles. The van der Waals surface area contributed by atoms with E-state index in [1.54, 1.807) is 12.4 Å². The van der Waals surface area contributed by atoms with Crippen molar-refractivity contribution in [2.75, 3.05) is 0 Å². The van der Waals surface area contributed by atoms with Gasteiger partial charge in [-0.2, -0.15) is 0 Å². The fourth-order valence-corrected chi connectivity index (χ4v) is 4.28. The van der Waals surface area contributed by atoms with E-state index in [1.165, 1.54) is 31.0 Å². The van der Waals surface area contributed by atoms with Crippen LogP contribution in [-0.4, -0.2) is 36.3 Å². The molecule has 0 radical (unpaired) electrons. The third-order valence-electron chi connectivity index (χ3n) is 4.67. The molecule has 3 rings (SSSR count). The molecule has 1 N–H and O–H groups in total. The number of tetrazole rings is 1. The first-order chi connectivity index (χ1) is 12.6. The van der Waals surface area contributed by atoms with Crippen LogP contribution in [0, 0.1) is 5.92 Å². The maximum absolute atomic E-state index is 12.7. The van der Waals surface area contributed by atoms with E-state index < -0.39 is 0 Å². The Kier molecular flexibility index (Phi) is 6.60. The molecule has 8 heteroatoms. The number of aromatic nitrogens is 5.